The van der Waals surface area contributed by atoms with Gasteiger partial charge in [0.1, 0.15) is 6.04 Å². The molecule has 0 radical (unpaired) electrons. The smallest absolute Gasteiger partial charge is 0.241 e. The molecule has 0 saturated heterocycles. The molecule has 134 valence electrons. The summed E-state index contributed by atoms with van der Waals surface area (Å²) in [6.07, 6.45) is 1.06. The number of nitrogens with one attached hydrogen (secondary N) is 2. The molecule has 0 bridgehead atoms. The first-order valence-corrected chi connectivity index (χ1v) is 9.82. The first kappa shape index (κ1) is 19.1. The van der Waals surface area contributed by atoms with Gasteiger partial charge in [-0.3, -0.25) is 4.79 Å². The van der Waals surface area contributed by atoms with Crippen molar-refractivity contribution in [1.82, 2.24) is 10.0 Å². The zero-order valence-electron chi connectivity index (χ0n) is 14.5. The van der Waals surface area contributed by atoms with E-state index >= 15 is 0 Å². The van der Waals surface area contributed by atoms with E-state index < -0.39 is 16.1 Å². The Labute approximate surface area is 149 Å². The van der Waals surface area contributed by atoms with Crippen LogP contribution in [0.25, 0.3) is 0 Å². The van der Waals surface area contributed by atoms with Crippen LogP contribution in [0.15, 0.2) is 65.6 Å². The van der Waals surface area contributed by atoms with E-state index in [0.717, 1.165) is 12.0 Å². The van der Waals surface area contributed by atoms with Crippen LogP contribution < -0.4 is 10.0 Å². The fraction of sp³-hybridized carbons (Fsp3) is 0.316. The standard InChI is InChI=1S/C19H24N2O3S/c1-3-15(2)20-19(22)18(14-16-10-6-4-7-11-16)21-25(23,24)17-12-8-5-9-13-17/h4-13,15,18,21H,3,14H2,1-2H3,(H,20,22)/t15-,18-/m1/s1. The second kappa shape index (κ2) is 8.78. The highest BCUT2D eigenvalue weighted by Gasteiger charge is 2.26. The molecular formula is C19H24N2O3S. The maximum atomic E-state index is 12.6. The highest BCUT2D eigenvalue weighted by molar-refractivity contribution is 7.89. The van der Waals surface area contributed by atoms with Crippen molar-refractivity contribution in [2.75, 3.05) is 0 Å². The summed E-state index contributed by atoms with van der Waals surface area (Å²) in [4.78, 5) is 12.7. The topological polar surface area (TPSA) is 75.3 Å². The van der Waals surface area contributed by atoms with E-state index in [2.05, 4.69) is 10.0 Å². The molecule has 0 saturated carbocycles. The summed E-state index contributed by atoms with van der Waals surface area (Å²) in [5, 5.41) is 2.86. The van der Waals surface area contributed by atoms with Crippen LogP contribution in [0.4, 0.5) is 0 Å². The van der Waals surface area contributed by atoms with Gasteiger partial charge in [-0.25, -0.2) is 8.42 Å². The Morgan fingerprint density at radius 3 is 2.12 bits per heavy atom. The summed E-state index contributed by atoms with van der Waals surface area (Å²) in [6, 6.07) is 16.5. The number of carbonyl (C=O) groups excluding carboxylic acids is 1. The summed E-state index contributed by atoms with van der Waals surface area (Å²) in [7, 11) is -3.78. The minimum absolute atomic E-state index is 0.0213. The maximum absolute atomic E-state index is 12.6. The van der Waals surface area contributed by atoms with Gasteiger partial charge in [0, 0.05) is 6.04 Å². The molecule has 1 amide bonds. The fourth-order valence-corrected chi connectivity index (χ4v) is 3.55. The Hall–Kier alpha value is -2.18. The average molecular weight is 360 g/mol. The lowest BCUT2D eigenvalue weighted by Gasteiger charge is -2.21. The van der Waals surface area contributed by atoms with Crippen LogP contribution in [0, 0.1) is 0 Å². The van der Waals surface area contributed by atoms with Gasteiger partial charge < -0.3 is 5.32 Å². The lowest BCUT2D eigenvalue weighted by Crippen LogP contribution is -2.50. The van der Waals surface area contributed by atoms with E-state index in [1.807, 2.05) is 44.2 Å². The molecule has 0 spiro atoms. The largest absolute Gasteiger partial charge is 0.352 e. The zero-order valence-corrected chi connectivity index (χ0v) is 15.3. The first-order valence-electron chi connectivity index (χ1n) is 8.34. The lowest BCUT2D eigenvalue weighted by molar-refractivity contribution is -0.123. The van der Waals surface area contributed by atoms with Crippen molar-refractivity contribution in [1.29, 1.82) is 0 Å². The minimum Gasteiger partial charge on any atom is -0.352 e. The number of amides is 1. The molecule has 0 aromatic heterocycles. The molecule has 25 heavy (non-hydrogen) atoms. The Balaban J connectivity index is 2.23. The van der Waals surface area contributed by atoms with Crippen molar-refractivity contribution in [3.8, 4) is 0 Å². The van der Waals surface area contributed by atoms with Gasteiger partial charge in [-0.1, -0.05) is 55.5 Å². The van der Waals surface area contributed by atoms with E-state index in [4.69, 9.17) is 0 Å². The van der Waals surface area contributed by atoms with Gasteiger partial charge in [-0.2, -0.15) is 4.72 Å². The molecule has 2 atom stereocenters. The third-order valence-electron chi connectivity index (χ3n) is 3.95. The van der Waals surface area contributed by atoms with E-state index in [-0.39, 0.29) is 23.3 Å². The molecular weight excluding hydrogens is 336 g/mol. The van der Waals surface area contributed by atoms with Crippen molar-refractivity contribution >= 4 is 15.9 Å². The molecule has 6 heteroatoms. The third kappa shape index (κ3) is 5.69. The molecule has 2 rings (SSSR count). The first-order chi connectivity index (χ1) is 11.9. The summed E-state index contributed by atoms with van der Waals surface area (Å²) < 4.78 is 27.8. The van der Waals surface area contributed by atoms with E-state index in [9.17, 15) is 13.2 Å². The van der Waals surface area contributed by atoms with Crippen LogP contribution in [0.3, 0.4) is 0 Å². The van der Waals surface area contributed by atoms with Gasteiger partial charge in [0.2, 0.25) is 15.9 Å². The number of rotatable bonds is 8. The second-order valence-electron chi connectivity index (χ2n) is 5.99. The Morgan fingerprint density at radius 1 is 1.00 bits per heavy atom. The van der Waals surface area contributed by atoms with Crippen molar-refractivity contribution in [2.24, 2.45) is 0 Å². The third-order valence-corrected chi connectivity index (χ3v) is 5.44. The number of benzene rings is 2. The highest BCUT2D eigenvalue weighted by atomic mass is 32.2. The van der Waals surface area contributed by atoms with E-state index in [1.54, 1.807) is 18.2 Å². The zero-order chi connectivity index (χ0) is 18.3. The van der Waals surface area contributed by atoms with Gasteiger partial charge in [0.15, 0.2) is 0 Å². The van der Waals surface area contributed by atoms with Crippen LogP contribution in [0.5, 0.6) is 0 Å². The monoisotopic (exact) mass is 360 g/mol. The maximum Gasteiger partial charge on any atom is 0.241 e. The highest BCUT2D eigenvalue weighted by Crippen LogP contribution is 2.11. The SMILES string of the molecule is CC[C@@H](C)NC(=O)[C@@H](Cc1ccccc1)NS(=O)(=O)c1ccccc1. The van der Waals surface area contributed by atoms with Crippen LogP contribution in [0.2, 0.25) is 0 Å². The van der Waals surface area contributed by atoms with Gasteiger partial charge in [-0.05, 0) is 37.5 Å². The van der Waals surface area contributed by atoms with Crippen LogP contribution in [-0.2, 0) is 21.2 Å². The molecule has 0 aliphatic heterocycles. The van der Waals surface area contributed by atoms with E-state index in [0.29, 0.717) is 0 Å². The van der Waals surface area contributed by atoms with Gasteiger partial charge >= 0.3 is 0 Å². The summed E-state index contributed by atoms with van der Waals surface area (Å²) >= 11 is 0. The minimum atomic E-state index is -3.78. The number of carbonyl (C=O) groups is 1. The molecule has 0 fully saturated rings. The summed E-state index contributed by atoms with van der Waals surface area (Å²) in [6.45, 7) is 3.86. The quantitative estimate of drug-likeness (QED) is 0.759. The predicted molar refractivity (Wildman–Crippen MR) is 98.6 cm³/mol. The van der Waals surface area contributed by atoms with Gasteiger partial charge in [0.25, 0.3) is 0 Å². The summed E-state index contributed by atoms with van der Waals surface area (Å²) in [5.74, 6) is -0.322. The molecule has 0 aliphatic rings. The number of hydrogen-bond acceptors (Lipinski definition) is 3. The molecule has 0 heterocycles. The lowest BCUT2D eigenvalue weighted by atomic mass is 10.1. The molecule has 2 aromatic rings. The van der Waals surface area contributed by atoms with Gasteiger partial charge in [0.05, 0.1) is 4.90 Å². The predicted octanol–water partition coefficient (Wildman–Crippen LogP) is 2.49. The molecule has 2 N–H and O–H groups in total. The Bertz CT molecular complexity index is 777. The molecule has 5 nitrogen and oxygen atoms in total. The number of hydrogen-bond donors (Lipinski definition) is 2. The van der Waals surface area contributed by atoms with Crippen molar-refractivity contribution in [2.45, 2.75) is 43.7 Å². The second-order valence-corrected chi connectivity index (χ2v) is 7.71. The van der Waals surface area contributed by atoms with Crippen LogP contribution in [-0.4, -0.2) is 26.4 Å². The molecule has 0 aliphatic carbocycles. The van der Waals surface area contributed by atoms with Crippen molar-refractivity contribution < 1.29 is 13.2 Å². The van der Waals surface area contributed by atoms with E-state index in [1.165, 1.54) is 12.1 Å². The van der Waals surface area contributed by atoms with Crippen LogP contribution >= 0.6 is 0 Å². The normalized spacial score (nSPS) is 13.8. The Kier molecular flexibility index (Phi) is 6.73. The van der Waals surface area contributed by atoms with Crippen molar-refractivity contribution in [3.05, 3.63) is 66.2 Å². The van der Waals surface area contributed by atoms with Crippen molar-refractivity contribution in [3.63, 3.8) is 0 Å². The van der Waals surface area contributed by atoms with Gasteiger partial charge in [-0.15, -0.1) is 0 Å². The fourth-order valence-electron chi connectivity index (χ4n) is 2.34. The average Bonchev–Trinajstić information content (AvgIpc) is 2.62. The molecule has 0 unspecified atom stereocenters. The summed E-state index contributed by atoms with van der Waals surface area (Å²) in [5.41, 5.74) is 0.891. The number of sulfonamides is 1. The van der Waals surface area contributed by atoms with Crippen LogP contribution in [0.1, 0.15) is 25.8 Å². The Morgan fingerprint density at radius 2 is 1.56 bits per heavy atom. The molecule has 2 aromatic carbocycles.